The summed E-state index contributed by atoms with van der Waals surface area (Å²) >= 11 is 1.19. The molecule has 1 aromatic heterocycles. The van der Waals surface area contributed by atoms with E-state index in [9.17, 15) is 14.4 Å². The summed E-state index contributed by atoms with van der Waals surface area (Å²) in [6.07, 6.45) is 1.69. The molecule has 0 amide bonds. The molecule has 10 nitrogen and oxygen atoms in total. The SMILES string of the molecule is CCOC(=O)C1=C(C)N=c2s/c(=C\c3ccc(OC(C)=O)c(OC)c3)c(=O)n2[C@H]1c1ccc(OC)c(OC)c1. The van der Waals surface area contributed by atoms with E-state index in [1.165, 1.54) is 44.2 Å². The van der Waals surface area contributed by atoms with E-state index in [2.05, 4.69) is 4.99 Å². The first kappa shape index (κ1) is 27.6. The fourth-order valence-corrected chi connectivity index (χ4v) is 5.34. The largest absolute Gasteiger partial charge is 0.493 e. The molecule has 3 aromatic rings. The summed E-state index contributed by atoms with van der Waals surface area (Å²) in [6.45, 7) is 4.91. The van der Waals surface area contributed by atoms with Crippen molar-refractivity contribution in [1.29, 1.82) is 0 Å². The van der Waals surface area contributed by atoms with Gasteiger partial charge in [-0.05, 0) is 55.3 Å². The molecule has 1 aliphatic rings. The third-order valence-corrected chi connectivity index (χ3v) is 6.96. The van der Waals surface area contributed by atoms with Crippen molar-refractivity contribution in [3.05, 3.63) is 78.5 Å². The summed E-state index contributed by atoms with van der Waals surface area (Å²) in [5.74, 6) is 0.547. The zero-order valence-corrected chi connectivity index (χ0v) is 23.2. The lowest BCUT2D eigenvalue weighted by molar-refractivity contribution is -0.139. The fraction of sp³-hybridized carbons (Fsp3) is 0.286. The highest BCUT2D eigenvalue weighted by atomic mass is 32.1. The minimum atomic E-state index is -0.803. The number of benzene rings is 2. The molecule has 4 rings (SSSR count). The van der Waals surface area contributed by atoms with Gasteiger partial charge in [-0.25, -0.2) is 9.79 Å². The van der Waals surface area contributed by atoms with Crippen LogP contribution in [-0.2, 0) is 14.3 Å². The maximum atomic E-state index is 13.8. The molecular formula is C28H28N2O8S. The van der Waals surface area contributed by atoms with E-state index < -0.39 is 18.0 Å². The van der Waals surface area contributed by atoms with Crippen LogP contribution in [0, 0.1) is 0 Å². The summed E-state index contributed by atoms with van der Waals surface area (Å²) in [4.78, 5) is 43.3. The Morgan fingerprint density at radius 2 is 1.67 bits per heavy atom. The predicted molar refractivity (Wildman–Crippen MR) is 144 cm³/mol. The first-order valence-electron chi connectivity index (χ1n) is 12.0. The molecule has 0 spiro atoms. The van der Waals surface area contributed by atoms with Gasteiger partial charge in [-0.2, -0.15) is 0 Å². The number of esters is 2. The lowest BCUT2D eigenvalue weighted by atomic mass is 9.95. The highest BCUT2D eigenvalue weighted by Crippen LogP contribution is 2.36. The van der Waals surface area contributed by atoms with Crippen molar-refractivity contribution in [2.24, 2.45) is 4.99 Å². The molecule has 204 valence electrons. The number of fused-ring (bicyclic) bond motifs is 1. The van der Waals surface area contributed by atoms with E-state index in [4.69, 9.17) is 23.7 Å². The molecule has 2 heterocycles. The van der Waals surface area contributed by atoms with Crippen molar-refractivity contribution in [3.8, 4) is 23.0 Å². The third kappa shape index (κ3) is 5.44. The molecule has 11 heteroatoms. The van der Waals surface area contributed by atoms with E-state index in [-0.39, 0.29) is 23.5 Å². The van der Waals surface area contributed by atoms with Gasteiger partial charge in [0.15, 0.2) is 27.8 Å². The Hall–Kier alpha value is -4.38. The molecule has 0 saturated heterocycles. The van der Waals surface area contributed by atoms with Gasteiger partial charge in [0.25, 0.3) is 5.56 Å². The molecular weight excluding hydrogens is 524 g/mol. The van der Waals surface area contributed by atoms with Gasteiger partial charge < -0.3 is 23.7 Å². The lowest BCUT2D eigenvalue weighted by Crippen LogP contribution is -2.39. The maximum Gasteiger partial charge on any atom is 0.338 e. The van der Waals surface area contributed by atoms with Crippen LogP contribution in [0.1, 0.15) is 37.9 Å². The van der Waals surface area contributed by atoms with Crippen LogP contribution in [0.25, 0.3) is 6.08 Å². The summed E-state index contributed by atoms with van der Waals surface area (Å²) < 4.78 is 28.6. The standard InChI is InChI=1S/C28H28N2O8S/c1-7-37-27(33)24-15(2)29-28-30(25(24)18-9-11-19(34-4)22(14-18)36-6)26(32)23(39-28)13-17-8-10-20(38-16(3)31)21(12-17)35-5/h8-14,25H,7H2,1-6H3/b23-13-/t25-/m0/s1. The highest BCUT2D eigenvalue weighted by Gasteiger charge is 2.34. The number of carbonyl (C=O) groups is 2. The zero-order valence-electron chi connectivity index (χ0n) is 22.4. The summed E-state index contributed by atoms with van der Waals surface area (Å²) in [6, 6.07) is 9.40. The predicted octanol–water partition coefficient (Wildman–Crippen LogP) is 2.75. The van der Waals surface area contributed by atoms with Gasteiger partial charge in [-0.3, -0.25) is 14.2 Å². The topological polar surface area (TPSA) is 115 Å². The number of rotatable bonds is 8. The van der Waals surface area contributed by atoms with Gasteiger partial charge in [0.2, 0.25) is 0 Å². The molecule has 0 fully saturated rings. The third-order valence-electron chi connectivity index (χ3n) is 5.98. The first-order valence-corrected chi connectivity index (χ1v) is 12.8. The Labute approximate surface area is 228 Å². The van der Waals surface area contributed by atoms with Gasteiger partial charge in [0, 0.05) is 6.92 Å². The normalized spacial score (nSPS) is 14.8. The number of carbonyl (C=O) groups excluding carboxylic acids is 2. The Morgan fingerprint density at radius 3 is 2.31 bits per heavy atom. The van der Waals surface area contributed by atoms with E-state index in [0.717, 1.165) is 0 Å². The maximum absolute atomic E-state index is 13.8. The van der Waals surface area contributed by atoms with Crippen LogP contribution in [0.3, 0.4) is 0 Å². The van der Waals surface area contributed by atoms with Crippen LogP contribution in [0.4, 0.5) is 0 Å². The van der Waals surface area contributed by atoms with Crippen molar-refractivity contribution in [1.82, 2.24) is 4.57 Å². The van der Waals surface area contributed by atoms with Gasteiger partial charge in [0.05, 0.1) is 49.8 Å². The average Bonchev–Trinajstić information content (AvgIpc) is 3.21. The molecule has 0 N–H and O–H groups in total. The molecule has 39 heavy (non-hydrogen) atoms. The second-order valence-electron chi connectivity index (χ2n) is 8.42. The Morgan fingerprint density at radius 1 is 1.00 bits per heavy atom. The smallest absolute Gasteiger partial charge is 0.338 e. The van der Waals surface area contributed by atoms with E-state index in [0.29, 0.717) is 43.4 Å². The quantitative estimate of drug-likeness (QED) is 0.310. The molecule has 0 unspecified atom stereocenters. The van der Waals surface area contributed by atoms with Crippen LogP contribution in [-0.4, -0.2) is 44.4 Å². The summed E-state index contributed by atoms with van der Waals surface area (Å²) in [5.41, 5.74) is 1.65. The molecule has 0 radical (unpaired) electrons. The van der Waals surface area contributed by atoms with Crippen molar-refractivity contribution >= 4 is 29.4 Å². The zero-order chi connectivity index (χ0) is 28.3. The number of methoxy groups -OCH3 is 3. The molecule has 0 saturated carbocycles. The second-order valence-corrected chi connectivity index (χ2v) is 9.43. The van der Waals surface area contributed by atoms with Crippen LogP contribution < -0.4 is 33.8 Å². The molecule has 0 aliphatic carbocycles. The number of nitrogens with zero attached hydrogens (tertiary/aromatic N) is 2. The Balaban J connectivity index is 1.92. The lowest BCUT2D eigenvalue weighted by Gasteiger charge is -2.25. The molecule has 0 bridgehead atoms. The van der Waals surface area contributed by atoms with Crippen molar-refractivity contribution < 1.29 is 33.3 Å². The number of thiazole rings is 1. The van der Waals surface area contributed by atoms with Crippen LogP contribution >= 0.6 is 11.3 Å². The summed E-state index contributed by atoms with van der Waals surface area (Å²) in [7, 11) is 4.51. The number of hydrogen-bond donors (Lipinski definition) is 0. The minimum absolute atomic E-state index is 0.170. The minimum Gasteiger partial charge on any atom is -0.493 e. The monoisotopic (exact) mass is 552 g/mol. The van der Waals surface area contributed by atoms with Crippen LogP contribution in [0.5, 0.6) is 23.0 Å². The van der Waals surface area contributed by atoms with Gasteiger partial charge in [0.1, 0.15) is 0 Å². The second kappa shape index (κ2) is 11.6. The van der Waals surface area contributed by atoms with Crippen molar-refractivity contribution in [3.63, 3.8) is 0 Å². The van der Waals surface area contributed by atoms with E-state index in [1.807, 2.05) is 0 Å². The first-order chi connectivity index (χ1) is 18.7. The van der Waals surface area contributed by atoms with Gasteiger partial charge in [-0.15, -0.1) is 0 Å². The van der Waals surface area contributed by atoms with E-state index >= 15 is 0 Å². The van der Waals surface area contributed by atoms with Crippen molar-refractivity contribution in [2.75, 3.05) is 27.9 Å². The number of hydrogen-bond acceptors (Lipinski definition) is 10. The summed E-state index contributed by atoms with van der Waals surface area (Å²) in [5, 5.41) is 0. The van der Waals surface area contributed by atoms with Crippen molar-refractivity contribution in [2.45, 2.75) is 26.8 Å². The molecule has 2 aromatic carbocycles. The fourth-order valence-electron chi connectivity index (χ4n) is 4.29. The van der Waals surface area contributed by atoms with Gasteiger partial charge >= 0.3 is 11.9 Å². The van der Waals surface area contributed by atoms with Crippen LogP contribution in [0.2, 0.25) is 0 Å². The van der Waals surface area contributed by atoms with Crippen LogP contribution in [0.15, 0.2) is 57.5 Å². The average molecular weight is 553 g/mol. The van der Waals surface area contributed by atoms with E-state index in [1.54, 1.807) is 56.3 Å². The molecule has 1 atom stereocenters. The number of aromatic nitrogens is 1. The Bertz CT molecular complexity index is 1650. The number of allylic oxidation sites excluding steroid dienone is 1. The Kier molecular flexibility index (Phi) is 8.20. The number of ether oxygens (including phenoxy) is 5. The highest BCUT2D eigenvalue weighted by molar-refractivity contribution is 7.07. The molecule has 1 aliphatic heterocycles. The van der Waals surface area contributed by atoms with Gasteiger partial charge in [-0.1, -0.05) is 23.5 Å².